The van der Waals surface area contributed by atoms with E-state index in [0.717, 1.165) is 64.2 Å². The van der Waals surface area contributed by atoms with E-state index in [1.165, 1.54) is 38.2 Å². The van der Waals surface area contributed by atoms with Crippen LogP contribution < -0.4 is 5.32 Å². The summed E-state index contributed by atoms with van der Waals surface area (Å²) in [6.45, 7) is 4.39. The normalized spacial score (nSPS) is 14.3. The highest BCUT2D eigenvalue weighted by atomic mass is 32.2. The Kier molecular flexibility index (Phi) is 25.4. The molecule has 0 heterocycles. The van der Waals surface area contributed by atoms with Gasteiger partial charge in [-0.1, -0.05) is 107 Å². The number of rotatable bonds is 26. The van der Waals surface area contributed by atoms with Gasteiger partial charge >= 0.3 is 0 Å². The molecule has 0 aliphatic rings. The van der Waals surface area contributed by atoms with Crippen LogP contribution in [0.2, 0.25) is 0 Å². The second kappa shape index (κ2) is 26.5. The molecule has 0 spiro atoms. The highest BCUT2D eigenvalue weighted by molar-refractivity contribution is 7.85. The summed E-state index contributed by atoms with van der Waals surface area (Å²) in [5.41, 5.74) is 0. The van der Waals surface area contributed by atoms with Gasteiger partial charge in [-0.3, -0.25) is 9.35 Å². The number of aliphatic hydroxyl groups is 1. The van der Waals surface area contributed by atoms with Crippen LogP contribution in [0.15, 0.2) is 48.6 Å². The third-order valence-electron chi connectivity index (χ3n) is 6.44. The summed E-state index contributed by atoms with van der Waals surface area (Å²) in [5, 5.41) is 13.0. The Morgan fingerprint density at radius 1 is 0.667 bits per heavy atom. The summed E-state index contributed by atoms with van der Waals surface area (Å²) in [5.74, 6) is -1.03. The molecular formula is C32H57NO5S. The van der Waals surface area contributed by atoms with Gasteiger partial charge < -0.3 is 10.4 Å². The van der Waals surface area contributed by atoms with Crippen molar-refractivity contribution in [2.45, 2.75) is 142 Å². The molecule has 3 N–H and O–H groups in total. The standard InChI is InChI=1S/C32H57NO5S/c1-3-5-7-9-11-13-15-16-17-18-19-21-23-25-27-31(34)30(29-39(36,37)38)33-32(35)28-26-24-22-20-14-12-10-8-6-4-2/h8,10,13,15,18-19,25,27,30-31,34H,3-7,9,11-12,14,16-17,20-24,26,28-29H2,1-2H3,(H,33,35)(H,36,37,38)/b10-8-,15-13+,19-18+,27-25+. The van der Waals surface area contributed by atoms with E-state index in [-0.39, 0.29) is 12.3 Å². The molecule has 0 aromatic heterocycles. The molecule has 2 atom stereocenters. The van der Waals surface area contributed by atoms with Gasteiger partial charge in [0.15, 0.2) is 0 Å². The first-order chi connectivity index (χ1) is 18.8. The third kappa shape index (κ3) is 27.7. The Morgan fingerprint density at radius 3 is 1.72 bits per heavy atom. The second-order valence-electron chi connectivity index (χ2n) is 10.4. The molecule has 0 bridgehead atoms. The zero-order chi connectivity index (χ0) is 29.0. The van der Waals surface area contributed by atoms with Crippen molar-refractivity contribution in [2.75, 3.05) is 5.75 Å². The zero-order valence-electron chi connectivity index (χ0n) is 24.7. The lowest BCUT2D eigenvalue weighted by Crippen LogP contribution is -2.46. The van der Waals surface area contributed by atoms with E-state index in [0.29, 0.717) is 12.8 Å². The van der Waals surface area contributed by atoms with Gasteiger partial charge in [0.25, 0.3) is 10.1 Å². The van der Waals surface area contributed by atoms with Crippen LogP contribution in [0, 0.1) is 0 Å². The van der Waals surface area contributed by atoms with Crippen molar-refractivity contribution in [3.8, 4) is 0 Å². The molecule has 0 fully saturated rings. The summed E-state index contributed by atoms with van der Waals surface area (Å²) in [7, 11) is -4.35. The topological polar surface area (TPSA) is 104 Å². The van der Waals surface area contributed by atoms with Gasteiger partial charge in [0.05, 0.1) is 17.9 Å². The quantitative estimate of drug-likeness (QED) is 0.0558. The first kappa shape index (κ1) is 37.3. The van der Waals surface area contributed by atoms with E-state index in [1.807, 2.05) is 0 Å². The monoisotopic (exact) mass is 567 g/mol. The van der Waals surface area contributed by atoms with Crippen molar-refractivity contribution in [3.05, 3.63) is 48.6 Å². The maximum atomic E-state index is 12.3. The molecule has 0 saturated heterocycles. The molecule has 39 heavy (non-hydrogen) atoms. The van der Waals surface area contributed by atoms with Gasteiger partial charge in [-0.2, -0.15) is 8.42 Å². The molecule has 0 radical (unpaired) electrons. The number of carbonyl (C=O) groups is 1. The van der Waals surface area contributed by atoms with Crippen LogP contribution >= 0.6 is 0 Å². The van der Waals surface area contributed by atoms with E-state index >= 15 is 0 Å². The van der Waals surface area contributed by atoms with Crippen molar-refractivity contribution >= 4 is 16.0 Å². The van der Waals surface area contributed by atoms with Gasteiger partial charge in [0.2, 0.25) is 5.91 Å². The zero-order valence-corrected chi connectivity index (χ0v) is 25.6. The molecule has 0 aromatic carbocycles. The van der Waals surface area contributed by atoms with Crippen LogP contribution in [0.5, 0.6) is 0 Å². The Morgan fingerprint density at radius 2 is 1.15 bits per heavy atom. The number of hydrogen-bond donors (Lipinski definition) is 3. The molecule has 2 unspecified atom stereocenters. The molecule has 0 aliphatic carbocycles. The molecule has 0 aromatic rings. The maximum Gasteiger partial charge on any atom is 0.267 e. The Bertz CT molecular complexity index is 801. The fourth-order valence-corrected chi connectivity index (χ4v) is 4.86. The minimum absolute atomic E-state index is 0.271. The molecule has 0 aliphatic heterocycles. The maximum absolute atomic E-state index is 12.3. The fraction of sp³-hybridized carbons (Fsp3) is 0.719. The second-order valence-corrected chi connectivity index (χ2v) is 11.9. The smallest absolute Gasteiger partial charge is 0.267 e. The van der Waals surface area contributed by atoms with Crippen LogP contribution in [0.25, 0.3) is 0 Å². The average Bonchev–Trinajstić information content (AvgIpc) is 2.88. The number of hydrogen-bond acceptors (Lipinski definition) is 4. The Balaban J connectivity index is 4.22. The van der Waals surface area contributed by atoms with E-state index in [1.54, 1.807) is 6.08 Å². The van der Waals surface area contributed by atoms with Crippen LogP contribution in [0.3, 0.4) is 0 Å². The van der Waals surface area contributed by atoms with Gasteiger partial charge in [-0.15, -0.1) is 0 Å². The lowest BCUT2D eigenvalue weighted by Gasteiger charge is -2.21. The lowest BCUT2D eigenvalue weighted by atomic mass is 10.1. The first-order valence-corrected chi connectivity index (χ1v) is 16.9. The lowest BCUT2D eigenvalue weighted by molar-refractivity contribution is -0.122. The van der Waals surface area contributed by atoms with E-state index in [2.05, 4.69) is 55.6 Å². The number of unbranched alkanes of at least 4 members (excludes halogenated alkanes) is 12. The van der Waals surface area contributed by atoms with E-state index < -0.39 is 28.0 Å². The SMILES string of the molecule is CCC/C=C\CCCCCCCC(=O)NC(CS(=O)(=O)O)C(O)/C=C/CC/C=C/CC/C=C/CCCCCC. The van der Waals surface area contributed by atoms with E-state index in [4.69, 9.17) is 0 Å². The van der Waals surface area contributed by atoms with Crippen molar-refractivity contribution < 1.29 is 22.9 Å². The molecular weight excluding hydrogens is 510 g/mol. The molecule has 1 amide bonds. The summed E-state index contributed by atoms with van der Waals surface area (Å²) in [6.07, 6.45) is 33.8. The first-order valence-electron chi connectivity index (χ1n) is 15.3. The predicted octanol–water partition coefficient (Wildman–Crippen LogP) is 8.01. The van der Waals surface area contributed by atoms with Gasteiger partial charge in [0.1, 0.15) is 0 Å². The Hall–Kier alpha value is -1.70. The molecule has 6 nitrogen and oxygen atoms in total. The highest BCUT2D eigenvalue weighted by Crippen LogP contribution is 2.09. The van der Waals surface area contributed by atoms with Gasteiger partial charge in [-0.05, 0) is 64.2 Å². The largest absolute Gasteiger partial charge is 0.387 e. The van der Waals surface area contributed by atoms with Gasteiger partial charge in [0, 0.05) is 6.42 Å². The molecule has 226 valence electrons. The minimum atomic E-state index is -4.35. The Labute approximate surface area is 239 Å². The third-order valence-corrected chi connectivity index (χ3v) is 7.22. The number of nitrogens with one attached hydrogen (secondary N) is 1. The van der Waals surface area contributed by atoms with Crippen molar-refractivity contribution in [2.24, 2.45) is 0 Å². The van der Waals surface area contributed by atoms with Crippen molar-refractivity contribution in [1.82, 2.24) is 5.32 Å². The number of allylic oxidation sites excluding steroid dienone is 7. The van der Waals surface area contributed by atoms with E-state index in [9.17, 15) is 22.9 Å². The number of aliphatic hydroxyl groups excluding tert-OH is 1. The van der Waals surface area contributed by atoms with Crippen molar-refractivity contribution in [1.29, 1.82) is 0 Å². The molecule has 7 heteroatoms. The van der Waals surface area contributed by atoms with Crippen LogP contribution in [0.4, 0.5) is 0 Å². The fourth-order valence-electron chi connectivity index (χ4n) is 4.13. The minimum Gasteiger partial charge on any atom is -0.387 e. The van der Waals surface area contributed by atoms with Gasteiger partial charge in [-0.25, -0.2) is 0 Å². The average molecular weight is 568 g/mol. The highest BCUT2D eigenvalue weighted by Gasteiger charge is 2.24. The van der Waals surface area contributed by atoms with Crippen molar-refractivity contribution in [3.63, 3.8) is 0 Å². The summed E-state index contributed by atoms with van der Waals surface area (Å²) in [4.78, 5) is 12.3. The summed E-state index contributed by atoms with van der Waals surface area (Å²) < 4.78 is 32.1. The molecule has 0 rings (SSSR count). The molecule has 0 saturated carbocycles. The summed E-state index contributed by atoms with van der Waals surface area (Å²) in [6, 6.07) is -1.08. The van der Waals surface area contributed by atoms with Crippen LogP contribution in [0.1, 0.15) is 129 Å². The van der Waals surface area contributed by atoms with Crippen LogP contribution in [-0.4, -0.2) is 41.9 Å². The number of carbonyl (C=O) groups excluding carboxylic acids is 1. The number of amides is 1. The predicted molar refractivity (Wildman–Crippen MR) is 165 cm³/mol. The van der Waals surface area contributed by atoms with Crippen LogP contribution in [-0.2, 0) is 14.9 Å². The summed E-state index contributed by atoms with van der Waals surface area (Å²) >= 11 is 0.